The third-order valence-electron chi connectivity index (χ3n) is 3.82. The molecule has 0 aliphatic carbocycles. The van der Waals surface area contributed by atoms with Crippen molar-refractivity contribution in [3.63, 3.8) is 0 Å². The lowest BCUT2D eigenvalue weighted by Gasteiger charge is -2.09. The molecule has 0 aliphatic rings. The summed E-state index contributed by atoms with van der Waals surface area (Å²) in [6.07, 6.45) is 0. The summed E-state index contributed by atoms with van der Waals surface area (Å²) < 4.78 is 5.92. The minimum Gasteiger partial charge on any atom is -0.497 e. The maximum Gasteiger partial charge on any atom is 0.255 e. The van der Waals surface area contributed by atoms with Crippen molar-refractivity contribution in [1.29, 1.82) is 0 Å². The van der Waals surface area contributed by atoms with Crippen molar-refractivity contribution in [2.24, 2.45) is 0 Å². The summed E-state index contributed by atoms with van der Waals surface area (Å²) in [7, 11) is 1.58. The second-order valence-corrected chi connectivity index (χ2v) is 6.64. The first kappa shape index (κ1) is 18.7. The Labute approximate surface area is 165 Å². The Hall–Kier alpha value is -3.12. The average Bonchev–Trinajstić information content (AvgIpc) is 2.68. The smallest absolute Gasteiger partial charge is 0.255 e. The second kappa shape index (κ2) is 8.51. The molecular formula is C21H17BrN2O3. The highest BCUT2D eigenvalue weighted by molar-refractivity contribution is 9.10. The SMILES string of the molecule is COc1ccc(NC(=O)c2cccc(NC(=O)c3cccc(Br)c3)c2)cc1. The van der Waals surface area contributed by atoms with E-state index in [0.717, 1.165) is 4.47 Å². The molecule has 0 heterocycles. The molecule has 27 heavy (non-hydrogen) atoms. The number of nitrogens with one attached hydrogen (secondary N) is 2. The molecule has 0 aromatic heterocycles. The van der Waals surface area contributed by atoms with Gasteiger partial charge in [0.25, 0.3) is 11.8 Å². The molecule has 0 aliphatic heterocycles. The fourth-order valence-corrected chi connectivity index (χ4v) is 2.85. The lowest BCUT2D eigenvalue weighted by atomic mass is 10.1. The van der Waals surface area contributed by atoms with E-state index in [9.17, 15) is 9.59 Å². The molecule has 0 radical (unpaired) electrons. The number of hydrogen-bond acceptors (Lipinski definition) is 3. The van der Waals surface area contributed by atoms with Gasteiger partial charge in [0.2, 0.25) is 0 Å². The molecule has 2 N–H and O–H groups in total. The van der Waals surface area contributed by atoms with Crippen molar-refractivity contribution < 1.29 is 14.3 Å². The number of halogens is 1. The molecule has 0 fully saturated rings. The number of anilines is 2. The Morgan fingerprint density at radius 1 is 0.778 bits per heavy atom. The fourth-order valence-electron chi connectivity index (χ4n) is 2.45. The molecule has 3 aromatic carbocycles. The lowest BCUT2D eigenvalue weighted by molar-refractivity contribution is 0.101. The Morgan fingerprint density at radius 3 is 2.00 bits per heavy atom. The van der Waals surface area contributed by atoms with E-state index < -0.39 is 0 Å². The number of methoxy groups -OCH3 is 1. The van der Waals surface area contributed by atoms with Gasteiger partial charge in [0.15, 0.2) is 0 Å². The van der Waals surface area contributed by atoms with Crippen molar-refractivity contribution in [3.8, 4) is 5.75 Å². The second-order valence-electron chi connectivity index (χ2n) is 5.73. The maximum absolute atomic E-state index is 12.5. The molecule has 5 nitrogen and oxygen atoms in total. The zero-order valence-electron chi connectivity index (χ0n) is 14.5. The molecule has 3 rings (SSSR count). The number of hydrogen-bond donors (Lipinski definition) is 2. The van der Waals surface area contributed by atoms with Gasteiger partial charge in [0, 0.05) is 27.0 Å². The number of rotatable bonds is 5. The van der Waals surface area contributed by atoms with Crippen LogP contribution in [0.3, 0.4) is 0 Å². The maximum atomic E-state index is 12.5. The molecule has 0 unspecified atom stereocenters. The standard InChI is InChI=1S/C21H17BrN2O3/c1-27-19-10-8-17(9-11-19)23-21(26)15-5-3-7-18(13-15)24-20(25)14-4-2-6-16(22)12-14/h2-13H,1H3,(H,23,26)(H,24,25). The predicted octanol–water partition coefficient (Wildman–Crippen LogP) is 4.96. The van der Waals surface area contributed by atoms with Gasteiger partial charge in [0.05, 0.1) is 7.11 Å². The number of benzene rings is 3. The van der Waals surface area contributed by atoms with Crippen molar-refractivity contribution in [3.05, 3.63) is 88.4 Å². The van der Waals surface area contributed by atoms with E-state index in [1.165, 1.54) is 0 Å². The van der Waals surface area contributed by atoms with Crippen LogP contribution in [0.4, 0.5) is 11.4 Å². The molecule has 0 saturated carbocycles. The highest BCUT2D eigenvalue weighted by Gasteiger charge is 2.10. The van der Waals surface area contributed by atoms with Crippen molar-refractivity contribution in [2.75, 3.05) is 17.7 Å². The van der Waals surface area contributed by atoms with Gasteiger partial charge < -0.3 is 15.4 Å². The summed E-state index contributed by atoms with van der Waals surface area (Å²) in [5.41, 5.74) is 2.17. The monoisotopic (exact) mass is 424 g/mol. The summed E-state index contributed by atoms with van der Waals surface area (Å²) in [6, 6.07) is 20.9. The molecule has 6 heteroatoms. The molecule has 0 spiro atoms. The summed E-state index contributed by atoms with van der Waals surface area (Å²) in [4.78, 5) is 24.8. The normalized spacial score (nSPS) is 10.1. The largest absolute Gasteiger partial charge is 0.497 e. The summed E-state index contributed by atoms with van der Waals surface area (Å²) >= 11 is 3.35. The van der Waals surface area contributed by atoms with Gasteiger partial charge >= 0.3 is 0 Å². The summed E-state index contributed by atoms with van der Waals surface area (Å²) in [5, 5.41) is 5.62. The highest BCUT2D eigenvalue weighted by atomic mass is 79.9. The van der Waals surface area contributed by atoms with Crippen LogP contribution in [0.2, 0.25) is 0 Å². The number of carbonyl (C=O) groups is 2. The minimum absolute atomic E-state index is 0.246. The quantitative estimate of drug-likeness (QED) is 0.607. The molecule has 136 valence electrons. The van der Waals surface area contributed by atoms with Gasteiger partial charge in [-0.05, 0) is 60.7 Å². The summed E-state index contributed by atoms with van der Waals surface area (Å²) in [5.74, 6) is 0.202. The molecule has 0 bridgehead atoms. The van der Waals surface area contributed by atoms with Crippen LogP contribution in [0, 0.1) is 0 Å². The first-order valence-electron chi connectivity index (χ1n) is 8.17. The van der Waals surface area contributed by atoms with Crippen molar-refractivity contribution in [1.82, 2.24) is 0 Å². The third-order valence-corrected chi connectivity index (χ3v) is 4.31. The molecule has 2 amide bonds. The minimum atomic E-state index is -0.265. The van der Waals surface area contributed by atoms with Crippen LogP contribution >= 0.6 is 15.9 Å². The highest BCUT2D eigenvalue weighted by Crippen LogP contribution is 2.18. The molecule has 3 aromatic rings. The van der Waals surface area contributed by atoms with Crippen LogP contribution < -0.4 is 15.4 Å². The Bertz CT molecular complexity index is 971. The van der Waals surface area contributed by atoms with E-state index in [4.69, 9.17) is 4.74 Å². The van der Waals surface area contributed by atoms with Gasteiger partial charge in [-0.25, -0.2) is 0 Å². The van der Waals surface area contributed by atoms with Crippen LogP contribution in [-0.2, 0) is 0 Å². The zero-order chi connectivity index (χ0) is 19.2. The Morgan fingerprint density at radius 2 is 1.37 bits per heavy atom. The van der Waals surface area contributed by atoms with E-state index in [-0.39, 0.29) is 11.8 Å². The van der Waals surface area contributed by atoms with E-state index in [0.29, 0.717) is 28.3 Å². The fraction of sp³-hybridized carbons (Fsp3) is 0.0476. The van der Waals surface area contributed by atoms with E-state index in [1.807, 2.05) is 6.07 Å². The van der Waals surface area contributed by atoms with Crippen molar-refractivity contribution >= 4 is 39.1 Å². The van der Waals surface area contributed by atoms with Crippen LogP contribution in [-0.4, -0.2) is 18.9 Å². The van der Waals surface area contributed by atoms with Gasteiger partial charge in [-0.3, -0.25) is 9.59 Å². The first-order chi connectivity index (χ1) is 13.0. The van der Waals surface area contributed by atoms with Crippen LogP contribution in [0.25, 0.3) is 0 Å². The Kier molecular flexibility index (Phi) is 5.88. The van der Waals surface area contributed by atoms with E-state index in [1.54, 1.807) is 73.8 Å². The van der Waals surface area contributed by atoms with E-state index >= 15 is 0 Å². The number of amides is 2. The van der Waals surface area contributed by atoms with Crippen LogP contribution in [0.1, 0.15) is 20.7 Å². The molecule has 0 saturated heterocycles. The first-order valence-corrected chi connectivity index (χ1v) is 8.97. The Balaban J connectivity index is 1.70. The van der Waals surface area contributed by atoms with Gasteiger partial charge in [0.1, 0.15) is 5.75 Å². The topological polar surface area (TPSA) is 67.4 Å². The number of carbonyl (C=O) groups excluding carboxylic acids is 2. The van der Waals surface area contributed by atoms with E-state index in [2.05, 4.69) is 26.6 Å². The van der Waals surface area contributed by atoms with Gasteiger partial charge in [-0.2, -0.15) is 0 Å². The van der Waals surface area contributed by atoms with Crippen molar-refractivity contribution in [2.45, 2.75) is 0 Å². The van der Waals surface area contributed by atoms with Gasteiger partial charge in [-0.1, -0.05) is 28.1 Å². The number of ether oxygens (including phenoxy) is 1. The zero-order valence-corrected chi connectivity index (χ0v) is 16.1. The lowest BCUT2D eigenvalue weighted by Crippen LogP contribution is -2.14. The molecule has 0 atom stereocenters. The van der Waals surface area contributed by atoms with Gasteiger partial charge in [-0.15, -0.1) is 0 Å². The summed E-state index contributed by atoms with van der Waals surface area (Å²) in [6.45, 7) is 0. The predicted molar refractivity (Wildman–Crippen MR) is 109 cm³/mol. The third kappa shape index (κ3) is 4.95. The molecular weight excluding hydrogens is 408 g/mol. The average molecular weight is 425 g/mol. The van der Waals surface area contributed by atoms with Crippen LogP contribution in [0.15, 0.2) is 77.3 Å². The van der Waals surface area contributed by atoms with Crippen LogP contribution in [0.5, 0.6) is 5.75 Å².